The fraction of sp³-hybridized carbons (Fsp3) is 0.238. The van der Waals surface area contributed by atoms with Crippen molar-refractivity contribution in [1.82, 2.24) is 29.6 Å². The number of benzene rings is 1. The number of nitrogens with zero attached hydrogens (tertiary/aromatic N) is 6. The number of aromatic amines is 1. The van der Waals surface area contributed by atoms with Crippen LogP contribution in [0.2, 0.25) is 0 Å². The Morgan fingerprint density at radius 3 is 2.57 bits per heavy atom. The summed E-state index contributed by atoms with van der Waals surface area (Å²) in [6, 6.07) is 9.99. The van der Waals surface area contributed by atoms with Gasteiger partial charge >= 0.3 is 0 Å². The van der Waals surface area contributed by atoms with Gasteiger partial charge in [0.05, 0.1) is 11.7 Å². The highest BCUT2D eigenvalue weighted by atomic mass is 16.1. The Kier molecular flexibility index (Phi) is 4.44. The first-order valence-corrected chi connectivity index (χ1v) is 9.82. The predicted molar refractivity (Wildman–Crippen MR) is 117 cm³/mol. The van der Waals surface area contributed by atoms with Crippen molar-refractivity contribution in [3.63, 3.8) is 0 Å². The van der Waals surface area contributed by atoms with E-state index in [1.165, 1.54) is 12.0 Å². The second kappa shape index (κ2) is 7.27. The van der Waals surface area contributed by atoms with Crippen molar-refractivity contribution in [2.45, 2.75) is 0 Å². The average Bonchev–Trinajstić information content (AvgIpc) is 3.16. The van der Waals surface area contributed by atoms with Gasteiger partial charge < -0.3 is 20.5 Å². The van der Waals surface area contributed by atoms with Gasteiger partial charge in [0, 0.05) is 49.8 Å². The van der Waals surface area contributed by atoms with Crippen molar-refractivity contribution < 1.29 is 0 Å². The molecule has 0 atom stereocenters. The highest BCUT2D eigenvalue weighted by molar-refractivity contribution is 5.84. The van der Waals surface area contributed by atoms with Gasteiger partial charge in [0.1, 0.15) is 5.52 Å². The van der Waals surface area contributed by atoms with E-state index < -0.39 is 0 Å². The number of nitrogens with one attached hydrogen (secondary N) is 1. The van der Waals surface area contributed by atoms with Crippen LogP contribution in [0.15, 0.2) is 53.8 Å². The molecule has 9 nitrogen and oxygen atoms in total. The van der Waals surface area contributed by atoms with Crippen LogP contribution in [0.3, 0.4) is 0 Å². The summed E-state index contributed by atoms with van der Waals surface area (Å²) < 4.78 is 1.58. The molecule has 3 aromatic heterocycles. The van der Waals surface area contributed by atoms with E-state index in [1.807, 2.05) is 6.20 Å². The lowest BCUT2D eigenvalue weighted by atomic mass is 10.1. The number of H-pyrrole nitrogens is 1. The number of fused-ring (bicyclic) bond motifs is 1. The zero-order chi connectivity index (χ0) is 20.7. The second-order valence-electron chi connectivity index (χ2n) is 7.47. The third-order valence-electron chi connectivity index (χ3n) is 5.55. The maximum Gasteiger partial charge on any atom is 0.258 e. The van der Waals surface area contributed by atoms with Crippen molar-refractivity contribution in [3.05, 3.63) is 59.4 Å². The van der Waals surface area contributed by atoms with Gasteiger partial charge in [0.25, 0.3) is 5.56 Å². The molecule has 3 N–H and O–H groups in total. The third kappa shape index (κ3) is 3.18. The van der Waals surface area contributed by atoms with Gasteiger partial charge in [-0.05, 0) is 30.8 Å². The summed E-state index contributed by atoms with van der Waals surface area (Å²) in [4.78, 5) is 28.0. The number of rotatable bonds is 3. The maximum absolute atomic E-state index is 12.1. The minimum absolute atomic E-state index is 0.219. The summed E-state index contributed by atoms with van der Waals surface area (Å²) in [5.41, 5.74) is 9.46. The number of hydrogen-bond acceptors (Lipinski definition) is 7. The first-order chi connectivity index (χ1) is 14.6. The summed E-state index contributed by atoms with van der Waals surface area (Å²) in [7, 11) is 2.15. The number of pyridine rings is 1. The first-order valence-electron chi connectivity index (χ1n) is 9.82. The number of nitrogens with two attached hydrogens (primary N) is 1. The molecule has 9 heteroatoms. The van der Waals surface area contributed by atoms with Crippen LogP contribution in [-0.4, -0.2) is 62.9 Å². The van der Waals surface area contributed by atoms with Crippen LogP contribution in [0, 0.1) is 0 Å². The van der Waals surface area contributed by atoms with Crippen LogP contribution in [0.25, 0.3) is 27.8 Å². The van der Waals surface area contributed by atoms with E-state index in [0.717, 1.165) is 37.3 Å². The van der Waals surface area contributed by atoms with Crippen molar-refractivity contribution in [2.24, 2.45) is 0 Å². The molecule has 30 heavy (non-hydrogen) atoms. The lowest BCUT2D eigenvalue weighted by molar-refractivity contribution is 0.313. The molecular weight excluding hydrogens is 380 g/mol. The van der Waals surface area contributed by atoms with Gasteiger partial charge in [-0.2, -0.15) is 0 Å². The van der Waals surface area contributed by atoms with Crippen LogP contribution in [0.4, 0.5) is 11.5 Å². The highest BCUT2D eigenvalue weighted by Crippen LogP contribution is 2.29. The van der Waals surface area contributed by atoms with E-state index in [2.05, 4.69) is 61.2 Å². The zero-order valence-corrected chi connectivity index (χ0v) is 16.6. The number of piperazine rings is 1. The molecule has 1 aromatic carbocycles. The molecule has 0 saturated carbocycles. The highest BCUT2D eigenvalue weighted by Gasteiger charge is 2.16. The molecule has 1 aliphatic heterocycles. The number of likely N-dealkylation sites (N-methyl/N-ethyl adjacent to an activating group) is 1. The number of hydrogen-bond donors (Lipinski definition) is 2. The summed E-state index contributed by atoms with van der Waals surface area (Å²) in [5.74, 6) is 0.858. The molecule has 0 radical (unpaired) electrons. The second-order valence-corrected chi connectivity index (χ2v) is 7.47. The number of nitrogen functional groups attached to an aromatic ring is 1. The van der Waals surface area contributed by atoms with Crippen LogP contribution in [-0.2, 0) is 0 Å². The Labute approximate surface area is 172 Å². The van der Waals surface area contributed by atoms with E-state index in [-0.39, 0.29) is 5.56 Å². The molecule has 0 aliphatic carbocycles. The molecule has 4 aromatic rings. The summed E-state index contributed by atoms with van der Waals surface area (Å²) in [6.07, 6.45) is 4.75. The van der Waals surface area contributed by atoms with Crippen molar-refractivity contribution in [1.29, 1.82) is 0 Å². The standard InChI is InChI=1S/C21H22N8O/c1-27-8-10-28(11-9-27)15-4-2-14(3-5-15)17-12-29(26-19(17)22)20-18-16(6-7-23-20)21(30)25-13-24-18/h2-7,12-13H,8-11H2,1H3,(H2,22,26)(H,24,25,30). The quantitative estimate of drug-likeness (QED) is 0.534. The van der Waals surface area contributed by atoms with Gasteiger partial charge in [0.2, 0.25) is 0 Å². The first kappa shape index (κ1) is 18.3. The lowest BCUT2D eigenvalue weighted by Crippen LogP contribution is -2.44. The third-order valence-corrected chi connectivity index (χ3v) is 5.55. The number of aromatic nitrogens is 5. The maximum atomic E-state index is 12.1. The molecule has 5 rings (SSSR count). The summed E-state index contributed by atoms with van der Waals surface area (Å²) >= 11 is 0. The number of anilines is 2. The fourth-order valence-electron chi connectivity index (χ4n) is 3.79. The van der Waals surface area contributed by atoms with Crippen LogP contribution >= 0.6 is 0 Å². The SMILES string of the molecule is CN1CCN(c2ccc(-c3cn(-c4nccc5c(=O)[nH]cnc45)nc3N)cc2)CC1. The molecule has 152 valence electrons. The Balaban J connectivity index is 1.48. The topological polar surface area (TPSA) is 109 Å². The van der Waals surface area contributed by atoms with Gasteiger partial charge in [-0.3, -0.25) is 4.79 Å². The predicted octanol–water partition coefficient (Wildman–Crippen LogP) is 1.50. The Hall–Kier alpha value is -3.72. The summed E-state index contributed by atoms with van der Waals surface area (Å²) in [5, 5.41) is 4.87. The normalized spacial score (nSPS) is 15.0. The van der Waals surface area contributed by atoms with Gasteiger partial charge in [-0.25, -0.2) is 14.6 Å². The Morgan fingerprint density at radius 2 is 1.80 bits per heavy atom. The van der Waals surface area contributed by atoms with E-state index in [1.54, 1.807) is 16.9 Å². The van der Waals surface area contributed by atoms with E-state index >= 15 is 0 Å². The van der Waals surface area contributed by atoms with Crippen LogP contribution in [0.5, 0.6) is 0 Å². The molecule has 4 heterocycles. The van der Waals surface area contributed by atoms with Gasteiger partial charge in [0.15, 0.2) is 11.6 Å². The lowest BCUT2D eigenvalue weighted by Gasteiger charge is -2.34. The molecule has 1 saturated heterocycles. The van der Waals surface area contributed by atoms with E-state index in [9.17, 15) is 4.79 Å². The molecular formula is C21H22N8O. The van der Waals surface area contributed by atoms with Crippen molar-refractivity contribution in [2.75, 3.05) is 43.9 Å². The molecule has 1 aliphatic rings. The Bertz CT molecular complexity index is 1250. The average molecular weight is 402 g/mol. The molecule has 1 fully saturated rings. The minimum Gasteiger partial charge on any atom is -0.382 e. The minimum atomic E-state index is -0.219. The largest absolute Gasteiger partial charge is 0.382 e. The monoisotopic (exact) mass is 402 g/mol. The molecule has 0 bridgehead atoms. The summed E-state index contributed by atoms with van der Waals surface area (Å²) in [6.45, 7) is 4.18. The zero-order valence-electron chi connectivity index (χ0n) is 16.6. The molecule has 0 amide bonds. The van der Waals surface area contributed by atoms with Crippen LogP contribution < -0.4 is 16.2 Å². The van der Waals surface area contributed by atoms with Gasteiger partial charge in [-0.1, -0.05) is 12.1 Å². The van der Waals surface area contributed by atoms with Crippen molar-refractivity contribution >= 4 is 22.4 Å². The van der Waals surface area contributed by atoms with Crippen LogP contribution in [0.1, 0.15) is 0 Å². The van der Waals surface area contributed by atoms with Crippen molar-refractivity contribution in [3.8, 4) is 16.9 Å². The van der Waals surface area contributed by atoms with E-state index in [0.29, 0.717) is 22.5 Å². The smallest absolute Gasteiger partial charge is 0.258 e. The van der Waals surface area contributed by atoms with E-state index in [4.69, 9.17) is 5.73 Å². The Morgan fingerprint density at radius 1 is 1.03 bits per heavy atom. The fourth-order valence-corrected chi connectivity index (χ4v) is 3.79. The molecule has 0 unspecified atom stereocenters. The van der Waals surface area contributed by atoms with Gasteiger partial charge in [-0.15, -0.1) is 5.10 Å². The molecule has 0 spiro atoms.